The van der Waals surface area contributed by atoms with Crippen molar-refractivity contribution < 1.29 is 39.9 Å². The minimum absolute atomic E-state index is 0.164. The van der Waals surface area contributed by atoms with Crippen molar-refractivity contribution in [2.24, 2.45) is 0 Å². The van der Waals surface area contributed by atoms with Gasteiger partial charge in [-0.15, -0.1) is 0 Å². The molecule has 0 aromatic heterocycles. The number of carboxylic acid groups (broad SMARTS) is 1. The Balaban J connectivity index is 2.94. The standard InChI is InChI=1S/C8H13F3N2O6S2/c9-8(10,11)5-12-21(18,19)13(3-7(14)15)6-1-2-20(16,17)4-6/h6,12H,1-5H2,(H,14,15). The fourth-order valence-corrected chi connectivity index (χ4v) is 4.99. The van der Waals surface area contributed by atoms with E-state index in [2.05, 4.69) is 0 Å². The van der Waals surface area contributed by atoms with E-state index in [-0.39, 0.29) is 16.5 Å². The molecule has 0 aromatic carbocycles. The summed E-state index contributed by atoms with van der Waals surface area (Å²) in [5.74, 6) is -2.56. The van der Waals surface area contributed by atoms with Crippen LogP contribution >= 0.6 is 0 Å². The topological polar surface area (TPSA) is 121 Å². The molecule has 0 spiro atoms. The first kappa shape index (κ1) is 18.1. The Hall–Kier alpha value is -0.920. The lowest BCUT2D eigenvalue weighted by atomic mass is 10.2. The molecule has 1 rings (SSSR count). The number of nitrogens with one attached hydrogen (secondary N) is 1. The molecule has 1 fully saturated rings. The molecule has 1 aliphatic heterocycles. The Morgan fingerprint density at radius 3 is 2.33 bits per heavy atom. The summed E-state index contributed by atoms with van der Waals surface area (Å²) >= 11 is 0. The summed E-state index contributed by atoms with van der Waals surface area (Å²) in [5.41, 5.74) is 0. The number of hydrogen-bond donors (Lipinski definition) is 2. The molecule has 0 amide bonds. The largest absolute Gasteiger partial charge is 0.480 e. The van der Waals surface area contributed by atoms with Gasteiger partial charge in [-0.05, 0) is 6.42 Å². The fraction of sp³-hybridized carbons (Fsp3) is 0.875. The molecule has 1 unspecified atom stereocenters. The number of aliphatic carboxylic acids is 1. The maximum absolute atomic E-state index is 12.1. The van der Waals surface area contributed by atoms with Gasteiger partial charge in [0.25, 0.3) is 10.2 Å². The van der Waals surface area contributed by atoms with Crippen LogP contribution in [-0.2, 0) is 24.8 Å². The van der Waals surface area contributed by atoms with E-state index in [1.807, 2.05) is 0 Å². The lowest BCUT2D eigenvalue weighted by Gasteiger charge is -2.26. The number of rotatable bonds is 6. The molecule has 0 aromatic rings. The van der Waals surface area contributed by atoms with Crippen LogP contribution in [0.4, 0.5) is 13.2 Å². The van der Waals surface area contributed by atoms with Gasteiger partial charge in [0.2, 0.25) is 0 Å². The number of carboxylic acids is 1. The summed E-state index contributed by atoms with van der Waals surface area (Å²) in [6.07, 6.45) is -4.98. The monoisotopic (exact) mass is 354 g/mol. The molecule has 8 nitrogen and oxygen atoms in total. The third-order valence-electron chi connectivity index (χ3n) is 2.67. The van der Waals surface area contributed by atoms with Crippen LogP contribution in [0, 0.1) is 0 Å². The Morgan fingerprint density at radius 2 is 1.95 bits per heavy atom. The van der Waals surface area contributed by atoms with Crippen molar-refractivity contribution >= 4 is 26.0 Å². The van der Waals surface area contributed by atoms with Gasteiger partial charge in [0.1, 0.15) is 13.1 Å². The molecule has 124 valence electrons. The fourth-order valence-electron chi connectivity index (χ4n) is 1.80. The van der Waals surface area contributed by atoms with Crippen LogP contribution in [-0.4, -0.2) is 69.0 Å². The van der Waals surface area contributed by atoms with Crippen LogP contribution in [0.3, 0.4) is 0 Å². The highest BCUT2D eigenvalue weighted by Gasteiger charge is 2.40. The van der Waals surface area contributed by atoms with Crippen molar-refractivity contribution in [1.29, 1.82) is 0 Å². The second-order valence-corrected chi connectivity index (χ2v) is 8.37. The number of carbonyl (C=O) groups is 1. The van der Waals surface area contributed by atoms with Gasteiger partial charge in [0, 0.05) is 6.04 Å². The van der Waals surface area contributed by atoms with E-state index in [1.165, 1.54) is 4.72 Å². The highest BCUT2D eigenvalue weighted by Crippen LogP contribution is 2.21. The van der Waals surface area contributed by atoms with Crippen molar-refractivity contribution in [3.8, 4) is 0 Å². The zero-order valence-electron chi connectivity index (χ0n) is 10.5. The summed E-state index contributed by atoms with van der Waals surface area (Å²) < 4.78 is 83.8. The Labute approximate surface area is 119 Å². The van der Waals surface area contributed by atoms with Crippen LogP contribution in [0.25, 0.3) is 0 Å². The minimum Gasteiger partial charge on any atom is -0.480 e. The Bertz CT molecular complexity index is 600. The van der Waals surface area contributed by atoms with Crippen LogP contribution in [0.5, 0.6) is 0 Å². The van der Waals surface area contributed by atoms with Crippen molar-refractivity contribution in [2.45, 2.75) is 18.6 Å². The van der Waals surface area contributed by atoms with Gasteiger partial charge in [-0.3, -0.25) is 4.79 Å². The third kappa shape index (κ3) is 5.76. The first-order valence-corrected chi connectivity index (χ1v) is 8.84. The summed E-state index contributed by atoms with van der Waals surface area (Å²) in [7, 11) is -8.30. The highest BCUT2D eigenvalue weighted by molar-refractivity contribution is 7.91. The van der Waals surface area contributed by atoms with Gasteiger partial charge < -0.3 is 5.11 Å². The van der Waals surface area contributed by atoms with Gasteiger partial charge in [-0.25, -0.2) is 8.42 Å². The second kappa shape index (κ2) is 6.06. The SMILES string of the molecule is O=C(O)CN(C1CCS(=O)(=O)C1)S(=O)(=O)NCC(F)(F)F. The Kier molecular flexibility index (Phi) is 5.23. The predicted molar refractivity (Wildman–Crippen MR) is 64.4 cm³/mol. The van der Waals surface area contributed by atoms with Crippen molar-refractivity contribution in [3.05, 3.63) is 0 Å². The van der Waals surface area contributed by atoms with Crippen LogP contribution in [0.2, 0.25) is 0 Å². The zero-order chi connectivity index (χ0) is 16.5. The molecule has 2 N–H and O–H groups in total. The second-order valence-electron chi connectivity index (χ2n) is 4.44. The van der Waals surface area contributed by atoms with Crippen LogP contribution in [0.1, 0.15) is 6.42 Å². The van der Waals surface area contributed by atoms with Gasteiger partial charge in [0.15, 0.2) is 9.84 Å². The summed E-state index contributed by atoms with van der Waals surface area (Å²) in [6, 6.07) is -1.20. The van der Waals surface area contributed by atoms with Crippen LogP contribution in [0.15, 0.2) is 0 Å². The van der Waals surface area contributed by atoms with Crippen molar-refractivity contribution in [1.82, 2.24) is 9.03 Å². The average Bonchev–Trinajstić information content (AvgIpc) is 2.62. The number of alkyl halides is 3. The van der Waals surface area contributed by atoms with E-state index in [0.717, 1.165) is 0 Å². The van der Waals surface area contributed by atoms with E-state index < -0.39 is 57.1 Å². The third-order valence-corrected chi connectivity index (χ3v) is 5.97. The quantitative estimate of drug-likeness (QED) is 0.628. The molecule has 21 heavy (non-hydrogen) atoms. The maximum Gasteiger partial charge on any atom is 0.402 e. The molecular weight excluding hydrogens is 341 g/mol. The van der Waals surface area contributed by atoms with E-state index in [1.54, 1.807) is 0 Å². The molecule has 0 saturated carbocycles. The summed E-state index contributed by atoms with van der Waals surface area (Å²) in [4.78, 5) is 10.7. The van der Waals surface area contributed by atoms with Gasteiger partial charge in [-0.1, -0.05) is 0 Å². The maximum atomic E-state index is 12.1. The van der Waals surface area contributed by atoms with Gasteiger partial charge in [-0.2, -0.15) is 30.6 Å². The van der Waals surface area contributed by atoms with Crippen LogP contribution < -0.4 is 4.72 Å². The molecular formula is C8H13F3N2O6S2. The number of sulfone groups is 1. The Morgan fingerprint density at radius 1 is 1.38 bits per heavy atom. The molecule has 13 heteroatoms. The van der Waals surface area contributed by atoms with Crippen molar-refractivity contribution in [3.63, 3.8) is 0 Å². The summed E-state index contributed by atoms with van der Waals surface area (Å²) in [6.45, 7) is -2.99. The van der Waals surface area contributed by atoms with Gasteiger partial charge >= 0.3 is 12.1 Å². The predicted octanol–water partition coefficient (Wildman–Crippen LogP) is -1.04. The molecule has 0 aliphatic carbocycles. The highest BCUT2D eigenvalue weighted by atomic mass is 32.2. The first-order valence-electron chi connectivity index (χ1n) is 5.58. The van der Waals surface area contributed by atoms with Crippen molar-refractivity contribution in [2.75, 3.05) is 24.6 Å². The zero-order valence-corrected chi connectivity index (χ0v) is 12.1. The van der Waals surface area contributed by atoms with Gasteiger partial charge in [0.05, 0.1) is 11.5 Å². The minimum atomic E-state index is -4.82. The molecule has 1 atom stereocenters. The van der Waals surface area contributed by atoms with E-state index in [4.69, 9.17) is 5.11 Å². The average molecular weight is 354 g/mol. The lowest BCUT2D eigenvalue weighted by molar-refractivity contribution is -0.137. The van der Waals surface area contributed by atoms with E-state index in [0.29, 0.717) is 0 Å². The molecule has 1 aliphatic rings. The van der Waals surface area contributed by atoms with E-state index in [9.17, 15) is 34.8 Å². The summed E-state index contributed by atoms with van der Waals surface area (Å²) in [5, 5.41) is 8.66. The normalized spacial score (nSPS) is 22.6. The molecule has 0 radical (unpaired) electrons. The van der Waals surface area contributed by atoms with E-state index >= 15 is 0 Å². The number of nitrogens with zero attached hydrogens (tertiary/aromatic N) is 1. The molecule has 1 saturated heterocycles. The molecule has 1 heterocycles. The smallest absolute Gasteiger partial charge is 0.402 e. The lowest BCUT2D eigenvalue weighted by Crippen LogP contribution is -2.51. The first-order chi connectivity index (χ1) is 9.32. The molecule has 0 bridgehead atoms. The number of halogens is 3. The number of hydrogen-bond acceptors (Lipinski definition) is 5.